The molecule has 3 N–H and O–H groups in total. The maximum absolute atomic E-state index is 12.4. The Labute approximate surface area is 106 Å². The Morgan fingerprint density at radius 3 is 3.28 bits per heavy atom. The molecule has 1 aromatic rings. The smallest absolute Gasteiger partial charge is 0.256 e. The highest BCUT2D eigenvalue weighted by Crippen LogP contribution is 2.16. The lowest BCUT2D eigenvalue weighted by atomic mass is 10.2. The molecule has 0 bridgehead atoms. The summed E-state index contributed by atoms with van der Waals surface area (Å²) < 4.78 is 5.53. The number of pyridine rings is 1. The standard InChI is InChI=1S/C12H18N4O2/c1-9-8-16(5-2-6-18-9)12(17)10-3-4-14-7-11(10)15-13/h3-4,7,9,15H,2,5-6,8,13H2,1H3. The van der Waals surface area contributed by atoms with E-state index in [1.54, 1.807) is 23.4 Å². The molecule has 0 aliphatic carbocycles. The van der Waals surface area contributed by atoms with E-state index in [1.165, 1.54) is 0 Å². The molecule has 6 heteroatoms. The van der Waals surface area contributed by atoms with Crippen LogP contribution < -0.4 is 11.3 Å². The Morgan fingerprint density at radius 1 is 1.67 bits per heavy atom. The Balaban J connectivity index is 2.19. The summed E-state index contributed by atoms with van der Waals surface area (Å²) in [5.74, 6) is 5.35. The SMILES string of the molecule is CC1CN(C(=O)c2ccncc2NN)CCCO1. The zero-order valence-electron chi connectivity index (χ0n) is 10.4. The van der Waals surface area contributed by atoms with E-state index in [0.29, 0.717) is 30.9 Å². The molecular weight excluding hydrogens is 232 g/mol. The number of aromatic nitrogens is 1. The van der Waals surface area contributed by atoms with Crippen LogP contribution in [0.4, 0.5) is 5.69 Å². The van der Waals surface area contributed by atoms with Crippen LogP contribution in [0, 0.1) is 0 Å². The molecule has 98 valence electrons. The van der Waals surface area contributed by atoms with E-state index in [0.717, 1.165) is 6.42 Å². The Bertz CT molecular complexity index is 424. The van der Waals surface area contributed by atoms with Gasteiger partial charge in [0.1, 0.15) is 0 Å². The van der Waals surface area contributed by atoms with Crippen LogP contribution in [-0.2, 0) is 4.74 Å². The van der Waals surface area contributed by atoms with Gasteiger partial charge in [-0.2, -0.15) is 0 Å². The summed E-state index contributed by atoms with van der Waals surface area (Å²) >= 11 is 0. The number of ether oxygens (including phenoxy) is 1. The fourth-order valence-electron chi connectivity index (χ4n) is 2.05. The van der Waals surface area contributed by atoms with Crippen LogP contribution in [0.5, 0.6) is 0 Å². The molecule has 6 nitrogen and oxygen atoms in total. The third kappa shape index (κ3) is 2.77. The summed E-state index contributed by atoms with van der Waals surface area (Å²) in [6, 6.07) is 1.67. The maximum atomic E-state index is 12.4. The predicted molar refractivity (Wildman–Crippen MR) is 68.0 cm³/mol. The number of hydrazine groups is 1. The Hall–Kier alpha value is -1.66. The second kappa shape index (κ2) is 5.79. The van der Waals surface area contributed by atoms with E-state index in [4.69, 9.17) is 10.6 Å². The highest BCUT2D eigenvalue weighted by atomic mass is 16.5. The minimum Gasteiger partial charge on any atom is -0.377 e. The normalized spacial score (nSPS) is 20.3. The molecule has 1 aromatic heterocycles. The minimum absolute atomic E-state index is 0.0392. The van der Waals surface area contributed by atoms with Crippen LogP contribution in [-0.4, -0.2) is 41.6 Å². The van der Waals surface area contributed by atoms with Crippen LogP contribution in [0.25, 0.3) is 0 Å². The average Bonchev–Trinajstić information content (AvgIpc) is 2.62. The number of nitrogens with one attached hydrogen (secondary N) is 1. The first-order valence-electron chi connectivity index (χ1n) is 6.04. The molecule has 1 unspecified atom stereocenters. The van der Waals surface area contributed by atoms with Gasteiger partial charge in [-0.05, 0) is 19.4 Å². The van der Waals surface area contributed by atoms with Gasteiger partial charge < -0.3 is 15.1 Å². The first kappa shape index (κ1) is 12.8. The van der Waals surface area contributed by atoms with Gasteiger partial charge in [-0.25, -0.2) is 0 Å². The van der Waals surface area contributed by atoms with Crippen LogP contribution in [0.1, 0.15) is 23.7 Å². The molecule has 1 saturated heterocycles. The molecule has 1 aliphatic rings. The van der Waals surface area contributed by atoms with E-state index >= 15 is 0 Å². The van der Waals surface area contributed by atoms with E-state index < -0.39 is 0 Å². The number of carbonyl (C=O) groups excluding carboxylic acids is 1. The van der Waals surface area contributed by atoms with Gasteiger partial charge in [0.25, 0.3) is 5.91 Å². The minimum atomic E-state index is -0.0392. The Morgan fingerprint density at radius 2 is 2.50 bits per heavy atom. The lowest BCUT2D eigenvalue weighted by Crippen LogP contribution is -2.36. The zero-order valence-corrected chi connectivity index (χ0v) is 10.4. The van der Waals surface area contributed by atoms with Gasteiger partial charge in [-0.15, -0.1) is 0 Å². The number of nitrogens with zero attached hydrogens (tertiary/aromatic N) is 2. The zero-order chi connectivity index (χ0) is 13.0. The molecule has 18 heavy (non-hydrogen) atoms. The van der Waals surface area contributed by atoms with Crippen molar-refractivity contribution >= 4 is 11.6 Å². The monoisotopic (exact) mass is 250 g/mol. The molecule has 0 spiro atoms. The second-order valence-corrected chi connectivity index (χ2v) is 4.35. The maximum Gasteiger partial charge on any atom is 0.256 e. The highest BCUT2D eigenvalue weighted by Gasteiger charge is 2.22. The third-order valence-corrected chi connectivity index (χ3v) is 2.95. The van der Waals surface area contributed by atoms with E-state index in [9.17, 15) is 4.79 Å². The topological polar surface area (TPSA) is 80.5 Å². The molecule has 0 saturated carbocycles. The molecular formula is C12H18N4O2. The molecule has 1 fully saturated rings. The number of anilines is 1. The van der Waals surface area contributed by atoms with Gasteiger partial charge >= 0.3 is 0 Å². The van der Waals surface area contributed by atoms with Crippen LogP contribution in [0.2, 0.25) is 0 Å². The summed E-state index contributed by atoms with van der Waals surface area (Å²) in [6.07, 6.45) is 4.05. The van der Waals surface area contributed by atoms with Crippen molar-refractivity contribution in [3.8, 4) is 0 Å². The summed E-state index contributed by atoms with van der Waals surface area (Å²) in [4.78, 5) is 18.2. The van der Waals surface area contributed by atoms with Gasteiger partial charge in [-0.1, -0.05) is 0 Å². The fourth-order valence-corrected chi connectivity index (χ4v) is 2.05. The van der Waals surface area contributed by atoms with Gasteiger partial charge in [-0.3, -0.25) is 15.6 Å². The average molecular weight is 250 g/mol. The van der Waals surface area contributed by atoms with Crippen molar-refractivity contribution in [3.05, 3.63) is 24.0 Å². The van der Waals surface area contributed by atoms with Crippen molar-refractivity contribution in [2.24, 2.45) is 5.84 Å². The van der Waals surface area contributed by atoms with Crippen molar-refractivity contribution < 1.29 is 9.53 Å². The summed E-state index contributed by atoms with van der Waals surface area (Å²) in [5.41, 5.74) is 3.59. The first-order valence-corrected chi connectivity index (χ1v) is 6.04. The number of rotatable bonds is 2. The second-order valence-electron chi connectivity index (χ2n) is 4.35. The third-order valence-electron chi connectivity index (χ3n) is 2.95. The summed E-state index contributed by atoms with van der Waals surface area (Å²) in [6.45, 7) is 3.98. The number of nitrogen functional groups attached to an aromatic ring is 1. The van der Waals surface area contributed by atoms with Crippen molar-refractivity contribution in [1.29, 1.82) is 0 Å². The summed E-state index contributed by atoms with van der Waals surface area (Å²) in [5, 5.41) is 0. The van der Waals surface area contributed by atoms with Crippen molar-refractivity contribution in [3.63, 3.8) is 0 Å². The van der Waals surface area contributed by atoms with Gasteiger partial charge in [0.05, 0.1) is 23.6 Å². The molecule has 1 amide bonds. The van der Waals surface area contributed by atoms with E-state index in [2.05, 4.69) is 10.4 Å². The van der Waals surface area contributed by atoms with Crippen molar-refractivity contribution in [2.45, 2.75) is 19.4 Å². The molecule has 2 heterocycles. The fraction of sp³-hybridized carbons (Fsp3) is 0.500. The van der Waals surface area contributed by atoms with Crippen molar-refractivity contribution in [2.75, 3.05) is 25.1 Å². The van der Waals surface area contributed by atoms with Crippen LogP contribution in [0.3, 0.4) is 0 Å². The van der Waals surface area contributed by atoms with Crippen LogP contribution >= 0.6 is 0 Å². The first-order chi connectivity index (χ1) is 8.72. The van der Waals surface area contributed by atoms with Crippen LogP contribution in [0.15, 0.2) is 18.5 Å². The number of amides is 1. The largest absolute Gasteiger partial charge is 0.377 e. The van der Waals surface area contributed by atoms with Crippen molar-refractivity contribution in [1.82, 2.24) is 9.88 Å². The highest BCUT2D eigenvalue weighted by molar-refractivity contribution is 5.99. The number of nitrogens with two attached hydrogens (primary N) is 1. The Kier molecular flexibility index (Phi) is 4.11. The predicted octanol–water partition coefficient (Wildman–Crippen LogP) is 0.618. The quantitative estimate of drug-likeness (QED) is 0.594. The molecule has 1 atom stereocenters. The molecule has 0 radical (unpaired) electrons. The summed E-state index contributed by atoms with van der Waals surface area (Å²) in [7, 11) is 0. The number of carbonyl (C=O) groups is 1. The molecule has 2 rings (SSSR count). The lowest BCUT2D eigenvalue weighted by Gasteiger charge is -2.23. The van der Waals surface area contributed by atoms with E-state index in [1.807, 2.05) is 6.92 Å². The lowest BCUT2D eigenvalue weighted by molar-refractivity contribution is 0.0563. The number of hydrogen-bond acceptors (Lipinski definition) is 5. The molecule has 0 aromatic carbocycles. The van der Waals surface area contributed by atoms with E-state index in [-0.39, 0.29) is 12.0 Å². The van der Waals surface area contributed by atoms with Gasteiger partial charge in [0, 0.05) is 25.9 Å². The molecule has 1 aliphatic heterocycles. The van der Waals surface area contributed by atoms with Gasteiger partial charge in [0.2, 0.25) is 0 Å². The van der Waals surface area contributed by atoms with Gasteiger partial charge in [0.15, 0.2) is 0 Å². The number of hydrogen-bond donors (Lipinski definition) is 2.